The van der Waals surface area contributed by atoms with Crippen LogP contribution >= 0.6 is 0 Å². The molecule has 17 heavy (non-hydrogen) atoms. The molecular weight excluding hydrogens is 212 g/mol. The zero-order valence-electron chi connectivity index (χ0n) is 12.1. The van der Waals surface area contributed by atoms with Crippen LogP contribution in [0.4, 0.5) is 0 Å². The lowest BCUT2D eigenvalue weighted by atomic mass is 10.1. The Morgan fingerprint density at radius 2 is 1.59 bits per heavy atom. The summed E-state index contributed by atoms with van der Waals surface area (Å²) in [4.78, 5) is 2.50. The lowest BCUT2D eigenvalue weighted by Gasteiger charge is -2.25. The van der Waals surface area contributed by atoms with Crippen molar-refractivity contribution in [1.29, 1.82) is 0 Å². The van der Waals surface area contributed by atoms with Gasteiger partial charge in [-0.25, -0.2) is 0 Å². The van der Waals surface area contributed by atoms with E-state index >= 15 is 0 Å². The minimum atomic E-state index is 0.689. The van der Waals surface area contributed by atoms with Gasteiger partial charge in [-0.15, -0.1) is 0 Å². The third kappa shape index (κ3) is 4.50. The topological polar surface area (TPSA) is 29.3 Å². The molecule has 3 heteroatoms. The molecule has 0 aromatic carbocycles. The van der Waals surface area contributed by atoms with E-state index in [0.717, 1.165) is 31.1 Å². The van der Waals surface area contributed by atoms with Crippen LogP contribution < -0.4 is 0 Å². The standard InChI is InChI=1S/C14H26N2O/c1-10(2)7-16(8-11(3)4)9-14-12(5)15-17-13(14)6/h10-11H,7-9H2,1-6H3. The zero-order valence-corrected chi connectivity index (χ0v) is 12.1. The quantitative estimate of drug-likeness (QED) is 0.760. The molecule has 1 aromatic rings. The van der Waals surface area contributed by atoms with Crippen LogP contribution in [0.25, 0.3) is 0 Å². The van der Waals surface area contributed by atoms with Crippen LogP contribution in [0.3, 0.4) is 0 Å². The normalized spacial score (nSPS) is 12.1. The van der Waals surface area contributed by atoms with Crippen LogP contribution in [0.1, 0.15) is 44.7 Å². The molecular formula is C14H26N2O. The van der Waals surface area contributed by atoms with Crippen molar-refractivity contribution < 1.29 is 4.52 Å². The van der Waals surface area contributed by atoms with E-state index < -0.39 is 0 Å². The van der Waals surface area contributed by atoms with Gasteiger partial charge in [0, 0.05) is 25.2 Å². The molecule has 0 aliphatic rings. The largest absolute Gasteiger partial charge is 0.361 e. The highest BCUT2D eigenvalue weighted by atomic mass is 16.5. The molecule has 0 radical (unpaired) electrons. The van der Waals surface area contributed by atoms with Crippen molar-refractivity contribution in [3.05, 3.63) is 17.0 Å². The van der Waals surface area contributed by atoms with Gasteiger partial charge in [-0.3, -0.25) is 4.90 Å². The van der Waals surface area contributed by atoms with Crippen molar-refractivity contribution in [1.82, 2.24) is 10.1 Å². The van der Waals surface area contributed by atoms with E-state index in [4.69, 9.17) is 4.52 Å². The molecule has 0 saturated carbocycles. The molecule has 0 bridgehead atoms. The average Bonchev–Trinajstić information content (AvgIpc) is 2.47. The van der Waals surface area contributed by atoms with E-state index in [1.54, 1.807) is 0 Å². The van der Waals surface area contributed by atoms with Crippen LogP contribution in [0.15, 0.2) is 4.52 Å². The minimum absolute atomic E-state index is 0.689. The molecule has 0 aliphatic carbocycles. The van der Waals surface area contributed by atoms with Crippen molar-refractivity contribution >= 4 is 0 Å². The van der Waals surface area contributed by atoms with Crippen LogP contribution in [-0.2, 0) is 6.54 Å². The highest BCUT2D eigenvalue weighted by molar-refractivity contribution is 5.20. The zero-order chi connectivity index (χ0) is 13.0. The van der Waals surface area contributed by atoms with Gasteiger partial charge in [0.05, 0.1) is 5.69 Å². The van der Waals surface area contributed by atoms with E-state index in [1.165, 1.54) is 5.56 Å². The van der Waals surface area contributed by atoms with Gasteiger partial charge in [0.25, 0.3) is 0 Å². The molecule has 0 unspecified atom stereocenters. The van der Waals surface area contributed by atoms with Gasteiger partial charge in [-0.05, 0) is 25.7 Å². The first-order valence-electron chi connectivity index (χ1n) is 6.54. The predicted molar refractivity (Wildman–Crippen MR) is 70.9 cm³/mol. The highest BCUT2D eigenvalue weighted by Crippen LogP contribution is 2.16. The van der Waals surface area contributed by atoms with Crippen molar-refractivity contribution in [2.45, 2.75) is 48.1 Å². The van der Waals surface area contributed by atoms with Gasteiger partial charge in [-0.2, -0.15) is 0 Å². The van der Waals surface area contributed by atoms with Crippen molar-refractivity contribution in [3.63, 3.8) is 0 Å². The first-order valence-corrected chi connectivity index (χ1v) is 6.54. The predicted octanol–water partition coefficient (Wildman–Crippen LogP) is 3.41. The second-order valence-corrected chi connectivity index (χ2v) is 5.78. The van der Waals surface area contributed by atoms with Gasteiger partial charge in [0.15, 0.2) is 0 Å². The Kier molecular flexibility index (Phi) is 5.19. The fourth-order valence-electron chi connectivity index (χ4n) is 2.19. The monoisotopic (exact) mass is 238 g/mol. The Bertz CT molecular complexity index is 312. The summed E-state index contributed by atoms with van der Waals surface area (Å²) < 4.78 is 5.23. The van der Waals surface area contributed by atoms with E-state index in [0.29, 0.717) is 11.8 Å². The van der Waals surface area contributed by atoms with E-state index in [1.807, 2.05) is 13.8 Å². The summed E-state index contributed by atoms with van der Waals surface area (Å²) in [5, 5.41) is 4.03. The summed E-state index contributed by atoms with van der Waals surface area (Å²) in [5.74, 6) is 2.34. The number of hydrogen-bond acceptors (Lipinski definition) is 3. The van der Waals surface area contributed by atoms with Crippen LogP contribution in [0, 0.1) is 25.7 Å². The Morgan fingerprint density at radius 3 is 1.94 bits per heavy atom. The van der Waals surface area contributed by atoms with E-state index in [2.05, 4.69) is 37.8 Å². The molecule has 1 heterocycles. The minimum Gasteiger partial charge on any atom is -0.361 e. The maximum absolute atomic E-state index is 5.23. The third-order valence-corrected chi connectivity index (χ3v) is 2.81. The second-order valence-electron chi connectivity index (χ2n) is 5.78. The number of aromatic nitrogens is 1. The number of hydrogen-bond donors (Lipinski definition) is 0. The highest BCUT2D eigenvalue weighted by Gasteiger charge is 2.15. The van der Waals surface area contributed by atoms with Crippen molar-refractivity contribution in [2.75, 3.05) is 13.1 Å². The molecule has 1 rings (SSSR count). The lowest BCUT2D eigenvalue weighted by Crippen LogP contribution is -2.31. The van der Waals surface area contributed by atoms with E-state index in [-0.39, 0.29) is 0 Å². The molecule has 0 spiro atoms. The smallest absolute Gasteiger partial charge is 0.138 e. The second kappa shape index (κ2) is 6.20. The molecule has 1 aromatic heterocycles. The van der Waals surface area contributed by atoms with Gasteiger partial charge >= 0.3 is 0 Å². The van der Waals surface area contributed by atoms with Gasteiger partial charge in [0.1, 0.15) is 5.76 Å². The molecule has 0 amide bonds. The molecule has 0 N–H and O–H groups in total. The Hall–Kier alpha value is -0.830. The maximum Gasteiger partial charge on any atom is 0.138 e. The van der Waals surface area contributed by atoms with Crippen LogP contribution in [-0.4, -0.2) is 23.1 Å². The SMILES string of the molecule is Cc1noc(C)c1CN(CC(C)C)CC(C)C. The van der Waals surface area contributed by atoms with Crippen molar-refractivity contribution in [2.24, 2.45) is 11.8 Å². The summed E-state index contributed by atoms with van der Waals surface area (Å²) in [7, 11) is 0. The molecule has 0 fully saturated rings. The summed E-state index contributed by atoms with van der Waals surface area (Å²) in [6.45, 7) is 16.3. The third-order valence-electron chi connectivity index (χ3n) is 2.81. The summed E-state index contributed by atoms with van der Waals surface area (Å²) in [6.07, 6.45) is 0. The lowest BCUT2D eigenvalue weighted by molar-refractivity contribution is 0.210. The maximum atomic E-state index is 5.23. The summed E-state index contributed by atoms with van der Waals surface area (Å²) >= 11 is 0. The Balaban J connectivity index is 2.71. The Morgan fingerprint density at radius 1 is 1.06 bits per heavy atom. The first-order chi connectivity index (χ1) is 7.90. The number of nitrogens with zero attached hydrogens (tertiary/aromatic N) is 2. The number of rotatable bonds is 6. The van der Waals surface area contributed by atoms with Crippen LogP contribution in [0.2, 0.25) is 0 Å². The van der Waals surface area contributed by atoms with Crippen molar-refractivity contribution in [3.8, 4) is 0 Å². The first kappa shape index (κ1) is 14.2. The molecule has 0 aliphatic heterocycles. The van der Waals surface area contributed by atoms with Gasteiger partial charge in [-0.1, -0.05) is 32.9 Å². The van der Waals surface area contributed by atoms with Crippen LogP contribution in [0.5, 0.6) is 0 Å². The molecule has 0 atom stereocenters. The summed E-state index contributed by atoms with van der Waals surface area (Å²) in [5.41, 5.74) is 2.28. The van der Waals surface area contributed by atoms with Gasteiger partial charge in [0.2, 0.25) is 0 Å². The average molecular weight is 238 g/mol. The number of aryl methyl sites for hydroxylation is 2. The Labute approximate surface area is 105 Å². The fourth-order valence-corrected chi connectivity index (χ4v) is 2.19. The summed E-state index contributed by atoms with van der Waals surface area (Å²) in [6, 6.07) is 0. The molecule has 3 nitrogen and oxygen atoms in total. The van der Waals surface area contributed by atoms with E-state index in [9.17, 15) is 0 Å². The molecule has 98 valence electrons. The van der Waals surface area contributed by atoms with Gasteiger partial charge < -0.3 is 4.52 Å². The fraction of sp³-hybridized carbons (Fsp3) is 0.786. The molecule has 0 saturated heterocycles.